The van der Waals surface area contributed by atoms with Gasteiger partial charge < -0.3 is 5.11 Å². The Labute approximate surface area is 140 Å². The molecule has 0 bridgehead atoms. The Morgan fingerprint density at radius 2 is 1.87 bits per heavy atom. The van der Waals surface area contributed by atoms with Gasteiger partial charge in [-0.25, -0.2) is 0 Å². The first kappa shape index (κ1) is 15.9. The van der Waals surface area contributed by atoms with Gasteiger partial charge in [0.15, 0.2) is 5.78 Å². The van der Waals surface area contributed by atoms with Gasteiger partial charge in [0.05, 0.1) is 5.60 Å². The second kappa shape index (κ2) is 4.94. The quantitative estimate of drug-likeness (QED) is 0.772. The Hall–Kier alpha value is -0.630. The minimum atomic E-state index is -0.446. The number of allylic oxidation sites excluding steroid dienone is 2. The minimum Gasteiger partial charge on any atom is -0.389 e. The summed E-state index contributed by atoms with van der Waals surface area (Å²) in [6.45, 7) is 6.95. The molecule has 1 unspecified atom stereocenters. The molecule has 0 heterocycles. The van der Waals surface area contributed by atoms with Crippen molar-refractivity contribution in [1.29, 1.82) is 0 Å². The lowest BCUT2D eigenvalue weighted by Gasteiger charge is -2.59. The van der Waals surface area contributed by atoms with Crippen LogP contribution >= 0.6 is 0 Å². The number of aliphatic hydroxyl groups is 1. The average molecular weight is 316 g/mol. The van der Waals surface area contributed by atoms with Crippen molar-refractivity contribution in [3.8, 4) is 0 Å². The van der Waals surface area contributed by atoms with E-state index in [9.17, 15) is 9.90 Å². The molecule has 0 saturated heterocycles. The Kier molecular flexibility index (Phi) is 3.41. The monoisotopic (exact) mass is 316 g/mol. The van der Waals surface area contributed by atoms with Crippen LogP contribution in [0.4, 0.5) is 0 Å². The van der Waals surface area contributed by atoms with Crippen molar-refractivity contribution in [3.05, 3.63) is 12.2 Å². The zero-order chi connectivity index (χ0) is 16.5. The number of carbonyl (C=O) groups excluding carboxylic acids is 1. The summed E-state index contributed by atoms with van der Waals surface area (Å²) in [5.74, 6) is 3.01. The van der Waals surface area contributed by atoms with Gasteiger partial charge in [0.1, 0.15) is 0 Å². The van der Waals surface area contributed by atoms with Crippen LogP contribution in [0.25, 0.3) is 0 Å². The lowest BCUT2D eigenvalue weighted by Crippen LogP contribution is -2.55. The predicted octanol–water partition coefficient (Wildman–Crippen LogP) is 4.52. The highest BCUT2D eigenvalue weighted by Crippen LogP contribution is 2.67. The summed E-state index contributed by atoms with van der Waals surface area (Å²) < 4.78 is 0. The van der Waals surface area contributed by atoms with Crippen LogP contribution in [0.1, 0.15) is 72.1 Å². The number of hydrogen-bond acceptors (Lipinski definition) is 2. The molecule has 0 aliphatic heterocycles. The molecular formula is C21H32O2. The Bertz CT molecular complexity index is 552. The molecule has 4 aliphatic rings. The molecule has 3 saturated carbocycles. The van der Waals surface area contributed by atoms with Crippen LogP contribution in [0.15, 0.2) is 12.2 Å². The number of ketones is 1. The van der Waals surface area contributed by atoms with Gasteiger partial charge >= 0.3 is 0 Å². The lowest BCUT2D eigenvalue weighted by molar-refractivity contribution is -0.141. The second-order valence-electron chi connectivity index (χ2n) is 9.40. The van der Waals surface area contributed by atoms with Gasteiger partial charge in [0.2, 0.25) is 0 Å². The first-order chi connectivity index (χ1) is 10.8. The molecule has 3 fully saturated rings. The molecule has 4 aliphatic carbocycles. The zero-order valence-electron chi connectivity index (χ0n) is 15.0. The van der Waals surface area contributed by atoms with Crippen LogP contribution in [0.3, 0.4) is 0 Å². The number of rotatable bonds is 1. The van der Waals surface area contributed by atoms with E-state index in [0.717, 1.165) is 31.6 Å². The topological polar surface area (TPSA) is 37.3 Å². The van der Waals surface area contributed by atoms with Gasteiger partial charge in [-0.05, 0) is 85.5 Å². The molecule has 2 heteroatoms. The number of fused-ring (bicyclic) bond motifs is 5. The normalized spacial score (nSPS) is 55.2. The van der Waals surface area contributed by atoms with Crippen LogP contribution in [-0.4, -0.2) is 16.5 Å². The van der Waals surface area contributed by atoms with Gasteiger partial charge in [0.25, 0.3) is 0 Å². The van der Waals surface area contributed by atoms with E-state index in [1.165, 1.54) is 25.7 Å². The Morgan fingerprint density at radius 1 is 1.13 bits per heavy atom. The SMILES string of the molecule is CC[C@@]1(O)CC[C@H]2[C@@H]3CCC4CC(=O)C=C[C@]4(C)[C@H]3CC[C@@]21C. The third-order valence-corrected chi connectivity index (χ3v) is 8.95. The lowest BCUT2D eigenvalue weighted by atomic mass is 9.45. The van der Waals surface area contributed by atoms with E-state index in [2.05, 4.69) is 26.8 Å². The van der Waals surface area contributed by atoms with Crippen molar-refractivity contribution in [3.63, 3.8) is 0 Å². The van der Waals surface area contributed by atoms with Crippen LogP contribution in [0.5, 0.6) is 0 Å². The third kappa shape index (κ3) is 1.94. The van der Waals surface area contributed by atoms with E-state index in [-0.39, 0.29) is 10.8 Å². The van der Waals surface area contributed by atoms with Crippen LogP contribution in [0, 0.1) is 34.5 Å². The summed E-state index contributed by atoms with van der Waals surface area (Å²) in [6, 6.07) is 0. The first-order valence-corrected chi connectivity index (χ1v) is 9.78. The van der Waals surface area contributed by atoms with Crippen LogP contribution in [-0.2, 0) is 4.79 Å². The van der Waals surface area contributed by atoms with Crippen molar-refractivity contribution in [2.24, 2.45) is 34.5 Å². The van der Waals surface area contributed by atoms with Crippen LogP contribution in [0.2, 0.25) is 0 Å². The van der Waals surface area contributed by atoms with Gasteiger partial charge in [-0.15, -0.1) is 0 Å². The van der Waals surface area contributed by atoms with Crippen molar-refractivity contribution >= 4 is 5.78 Å². The molecule has 0 aromatic carbocycles. The molecule has 0 spiro atoms. The predicted molar refractivity (Wildman–Crippen MR) is 91.9 cm³/mol. The summed E-state index contributed by atoms with van der Waals surface area (Å²) in [6.07, 6.45) is 12.8. The van der Waals surface area contributed by atoms with E-state index in [1.54, 1.807) is 0 Å². The van der Waals surface area contributed by atoms with E-state index >= 15 is 0 Å². The van der Waals surface area contributed by atoms with Gasteiger partial charge in [-0.2, -0.15) is 0 Å². The molecule has 2 nitrogen and oxygen atoms in total. The summed E-state index contributed by atoms with van der Waals surface area (Å²) in [4.78, 5) is 11.9. The highest BCUT2D eigenvalue weighted by Gasteiger charge is 2.63. The standard InChI is InChI=1S/C21H32O2/c1-4-21(23)12-9-18-16-6-5-14-13-15(22)7-10-19(14,2)17(16)8-11-20(18,21)3/h7,10,14,16-18,23H,4-6,8-9,11-13H2,1-3H3/t14?,16-,17+,18+,19+,20+,21-/m1/s1. The maximum atomic E-state index is 11.9. The smallest absolute Gasteiger partial charge is 0.155 e. The van der Waals surface area contributed by atoms with Crippen molar-refractivity contribution in [1.82, 2.24) is 0 Å². The summed E-state index contributed by atoms with van der Waals surface area (Å²) in [5, 5.41) is 11.2. The third-order valence-electron chi connectivity index (χ3n) is 8.95. The highest BCUT2D eigenvalue weighted by molar-refractivity contribution is 5.91. The summed E-state index contributed by atoms with van der Waals surface area (Å²) in [5.41, 5.74) is -0.121. The van der Waals surface area contributed by atoms with Gasteiger partial charge in [-0.3, -0.25) is 4.79 Å². The molecule has 0 radical (unpaired) electrons. The summed E-state index contributed by atoms with van der Waals surface area (Å²) in [7, 11) is 0. The van der Waals surface area contributed by atoms with Gasteiger partial charge in [-0.1, -0.05) is 26.8 Å². The second-order valence-corrected chi connectivity index (χ2v) is 9.40. The fourth-order valence-corrected chi connectivity index (χ4v) is 7.33. The van der Waals surface area contributed by atoms with Crippen molar-refractivity contribution in [2.75, 3.05) is 0 Å². The van der Waals surface area contributed by atoms with E-state index in [0.29, 0.717) is 23.5 Å². The molecule has 128 valence electrons. The minimum absolute atomic E-state index is 0.111. The molecule has 0 amide bonds. The fourth-order valence-electron chi connectivity index (χ4n) is 7.33. The maximum absolute atomic E-state index is 11.9. The number of carbonyl (C=O) groups is 1. The fraction of sp³-hybridized carbons (Fsp3) is 0.857. The molecule has 4 rings (SSSR count). The Morgan fingerprint density at radius 3 is 2.61 bits per heavy atom. The Balaban J connectivity index is 1.68. The molecule has 23 heavy (non-hydrogen) atoms. The highest BCUT2D eigenvalue weighted by atomic mass is 16.3. The number of hydrogen-bond donors (Lipinski definition) is 1. The first-order valence-electron chi connectivity index (χ1n) is 9.78. The zero-order valence-corrected chi connectivity index (χ0v) is 15.0. The molecule has 7 atom stereocenters. The maximum Gasteiger partial charge on any atom is 0.155 e. The van der Waals surface area contributed by atoms with Crippen molar-refractivity contribution in [2.45, 2.75) is 77.7 Å². The molecule has 0 aromatic heterocycles. The van der Waals surface area contributed by atoms with Gasteiger partial charge in [0, 0.05) is 6.42 Å². The molecule has 1 N–H and O–H groups in total. The largest absolute Gasteiger partial charge is 0.389 e. The molecular weight excluding hydrogens is 284 g/mol. The summed E-state index contributed by atoms with van der Waals surface area (Å²) >= 11 is 0. The van der Waals surface area contributed by atoms with E-state index < -0.39 is 5.60 Å². The van der Waals surface area contributed by atoms with E-state index in [1.807, 2.05) is 6.08 Å². The van der Waals surface area contributed by atoms with E-state index in [4.69, 9.17) is 0 Å². The van der Waals surface area contributed by atoms with Crippen LogP contribution < -0.4 is 0 Å². The molecule has 0 aromatic rings. The average Bonchev–Trinajstić information content (AvgIpc) is 2.80. The van der Waals surface area contributed by atoms with Crippen molar-refractivity contribution < 1.29 is 9.90 Å².